The van der Waals surface area contributed by atoms with Gasteiger partial charge in [0.25, 0.3) is 0 Å². The predicted molar refractivity (Wildman–Crippen MR) is 83.1 cm³/mol. The van der Waals surface area contributed by atoms with Gasteiger partial charge in [0, 0.05) is 19.0 Å². The minimum atomic E-state index is -6.80. The van der Waals surface area contributed by atoms with Crippen LogP contribution in [0.1, 0.15) is 12.8 Å². The van der Waals surface area contributed by atoms with Crippen molar-refractivity contribution in [1.82, 2.24) is 5.32 Å². The van der Waals surface area contributed by atoms with Crippen molar-refractivity contribution in [2.45, 2.75) is 36.0 Å². The molecule has 0 aromatic carbocycles. The molecular formula is C14H15F7NO7S-. The molecular weight excluding hydrogens is 459 g/mol. The Bertz CT molecular complexity index is 767. The molecule has 0 rings (SSSR count). The summed E-state index contributed by atoms with van der Waals surface area (Å²) < 4.78 is 132. The average molecular weight is 474 g/mol. The number of hydrogen-bond acceptors (Lipinski definition) is 7. The molecule has 0 aromatic heterocycles. The molecule has 0 fully saturated rings. The van der Waals surface area contributed by atoms with E-state index >= 15 is 0 Å². The first-order valence-corrected chi connectivity index (χ1v) is 8.97. The van der Waals surface area contributed by atoms with Crippen molar-refractivity contribution in [2.75, 3.05) is 13.2 Å². The average Bonchev–Trinajstić information content (AvgIpc) is 2.59. The summed E-state index contributed by atoms with van der Waals surface area (Å²) in [4.78, 5) is 23.1. The van der Waals surface area contributed by atoms with Crippen LogP contribution >= 0.6 is 0 Å². The highest BCUT2D eigenvalue weighted by molar-refractivity contribution is 7.86. The molecule has 1 N–H and O–H groups in total. The first-order chi connectivity index (χ1) is 13.4. The van der Waals surface area contributed by atoms with Crippen LogP contribution < -0.4 is 5.32 Å². The molecule has 0 aromatic rings. The van der Waals surface area contributed by atoms with E-state index in [0.717, 1.165) is 6.08 Å². The molecule has 16 heteroatoms. The van der Waals surface area contributed by atoms with Gasteiger partial charge in [-0.25, -0.2) is 13.2 Å². The standard InChI is InChI=1S/C14H16F7NO7S/c1-3-7-22-10(24)12(13(17,18)19,29-9(23)4-2)28-8-5-6-11(15,16)14(20,21)30(25,26)27/h3-4H,1-2,5-8H2,(H,22,24)(H,25,26,27)/p-1. The Hall–Kier alpha value is -2.20. The minimum absolute atomic E-state index is 0.221. The Balaban J connectivity index is 5.63. The fourth-order valence-corrected chi connectivity index (χ4v) is 2.18. The maximum absolute atomic E-state index is 13.4. The SMILES string of the molecule is C=CCNC(=O)C(OCCCC(F)(F)C(F)(F)S(=O)(=O)[O-])(OC(=O)C=C)C(F)(F)F. The number of carbonyl (C=O) groups is 2. The van der Waals surface area contributed by atoms with Gasteiger partial charge in [0.1, 0.15) is 0 Å². The Kier molecular flexibility index (Phi) is 9.02. The molecule has 0 aliphatic rings. The summed E-state index contributed by atoms with van der Waals surface area (Å²) in [5.41, 5.74) is 0. The topological polar surface area (TPSA) is 122 Å². The molecule has 0 saturated heterocycles. The summed E-state index contributed by atoms with van der Waals surface area (Å²) in [6.07, 6.45) is -8.16. The molecule has 30 heavy (non-hydrogen) atoms. The Morgan fingerprint density at radius 3 is 2.00 bits per heavy atom. The Morgan fingerprint density at radius 2 is 1.60 bits per heavy atom. The molecule has 1 atom stereocenters. The highest BCUT2D eigenvalue weighted by Gasteiger charge is 2.66. The summed E-state index contributed by atoms with van der Waals surface area (Å²) in [6, 6.07) is 0. The lowest BCUT2D eigenvalue weighted by molar-refractivity contribution is -0.347. The second kappa shape index (κ2) is 9.74. The summed E-state index contributed by atoms with van der Waals surface area (Å²) in [7, 11) is -6.80. The third-order valence-corrected chi connectivity index (χ3v) is 4.10. The van der Waals surface area contributed by atoms with E-state index in [1.54, 1.807) is 5.32 Å². The number of alkyl halides is 7. The number of rotatable bonds is 12. The highest BCUT2D eigenvalue weighted by atomic mass is 32.2. The van der Waals surface area contributed by atoms with Gasteiger partial charge in [-0.3, -0.25) is 4.79 Å². The van der Waals surface area contributed by atoms with Crippen molar-refractivity contribution in [2.24, 2.45) is 0 Å². The zero-order valence-corrected chi connectivity index (χ0v) is 15.6. The predicted octanol–water partition coefficient (Wildman–Crippen LogP) is 1.85. The summed E-state index contributed by atoms with van der Waals surface area (Å²) in [5.74, 6) is -13.8. The van der Waals surface area contributed by atoms with Crippen molar-refractivity contribution >= 4 is 22.0 Å². The normalized spacial score (nSPS) is 15.1. The molecule has 0 bridgehead atoms. The summed E-state index contributed by atoms with van der Waals surface area (Å²) >= 11 is 0. The van der Waals surface area contributed by atoms with Gasteiger partial charge >= 0.3 is 35.0 Å². The Morgan fingerprint density at radius 1 is 1.07 bits per heavy atom. The van der Waals surface area contributed by atoms with Crippen LogP contribution in [0.15, 0.2) is 25.3 Å². The number of ether oxygens (including phenoxy) is 2. The van der Waals surface area contributed by atoms with E-state index in [9.17, 15) is 53.3 Å². The number of amides is 1. The number of nitrogens with one attached hydrogen (secondary N) is 1. The van der Waals surface area contributed by atoms with Crippen LogP contribution in [0.5, 0.6) is 0 Å². The third kappa shape index (κ3) is 6.15. The Labute approximate surface area is 165 Å². The highest BCUT2D eigenvalue weighted by Crippen LogP contribution is 2.42. The van der Waals surface area contributed by atoms with E-state index in [2.05, 4.69) is 22.6 Å². The van der Waals surface area contributed by atoms with Crippen molar-refractivity contribution < 1.29 is 62.8 Å². The smallest absolute Gasteiger partial charge is 0.466 e. The van der Waals surface area contributed by atoms with E-state index in [0.29, 0.717) is 0 Å². The van der Waals surface area contributed by atoms with Crippen LogP contribution in [0.2, 0.25) is 0 Å². The lowest BCUT2D eigenvalue weighted by atomic mass is 10.2. The maximum Gasteiger partial charge on any atom is 0.466 e. The monoisotopic (exact) mass is 474 g/mol. The van der Waals surface area contributed by atoms with Gasteiger partial charge < -0.3 is 19.3 Å². The molecule has 0 spiro atoms. The van der Waals surface area contributed by atoms with Gasteiger partial charge in [-0.2, -0.15) is 30.7 Å². The fourth-order valence-electron chi connectivity index (χ4n) is 1.71. The number of esters is 1. The van der Waals surface area contributed by atoms with Gasteiger partial charge in [-0.05, 0) is 6.42 Å². The fraction of sp³-hybridized carbons (Fsp3) is 0.571. The molecule has 8 nitrogen and oxygen atoms in total. The van der Waals surface area contributed by atoms with Gasteiger partial charge in [0.05, 0.1) is 6.61 Å². The van der Waals surface area contributed by atoms with E-state index in [1.165, 1.54) is 0 Å². The van der Waals surface area contributed by atoms with Crippen molar-refractivity contribution in [3.8, 4) is 0 Å². The van der Waals surface area contributed by atoms with E-state index < -0.39 is 71.1 Å². The number of halogens is 7. The molecule has 174 valence electrons. The third-order valence-electron chi connectivity index (χ3n) is 3.17. The van der Waals surface area contributed by atoms with Crippen molar-refractivity contribution in [1.29, 1.82) is 0 Å². The van der Waals surface area contributed by atoms with Gasteiger partial charge in [0.2, 0.25) is 0 Å². The second-order valence-electron chi connectivity index (χ2n) is 5.37. The van der Waals surface area contributed by atoms with Gasteiger partial charge in [0.15, 0.2) is 10.1 Å². The van der Waals surface area contributed by atoms with Crippen molar-refractivity contribution in [3.63, 3.8) is 0 Å². The summed E-state index contributed by atoms with van der Waals surface area (Å²) in [6.45, 7) is 3.80. The molecule has 0 saturated carbocycles. The van der Waals surface area contributed by atoms with Crippen LogP contribution in [0.3, 0.4) is 0 Å². The van der Waals surface area contributed by atoms with Crippen molar-refractivity contribution in [3.05, 3.63) is 25.3 Å². The van der Waals surface area contributed by atoms with Crippen LogP contribution in [0.25, 0.3) is 0 Å². The maximum atomic E-state index is 13.4. The first kappa shape index (κ1) is 27.8. The number of hydrogen-bond donors (Lipinski definition) is 1. The molecule has 1 amide bonds. The minimum Gasteiger partial charge on any atom is -0.743 e. The van der Waals surface area contributed by atoms with E-state index in [1.807, 2.05) is 0 Å². The zero-order valence-electron chi connectivity index (χ0n) is 14.8. The van der Waals surface area contributed by atoms with E-state index in [4.69, 9.17) is 0 Å². The molecule has 0 aliphatic carbocycles. The van der Waals surface area contributed by atoms with Crippen LogP contribution in [-0.4, -0.2) is 61.1 Å². The quantitative estimate of drug-likeness (QED) is 0.0872. The molecule has 0 aliphatic heterocycles. The van der Waals surface area contributed by atoms with Gasteiger partial charge in [-0.15, -0.1) is 6.58 Å². The van der Waals surface area contributed by atoms with Gasteiger partial charge in [-0.1, -0.05) is 12.7 Å². The lowest BCUT2D eigenvalue weighted by Crippen LogP contribution is -2.61. The molecule has 0 radical (unpaired) electrons. The van der Waals surface area contributed by atoms with E-state index in [-0.39, 0.29) is 6.08 Å². The van der Waals surface area contributed by atoms with Crippen LogP contribution in [-0.2, 0) is 29.2 Å². The summed E-state index contributed by atoms with van der Waals surface area (Å²) in [5, 5.41) is -4.45. The largest absolute Gasteiger partial charge is 0.743 e. The second-order valence-corrected chi connectivity index (χ2v) is 6.79. The first-order valence-electron chi connectivity index (χ1n) is 7.56. The molecule has 0 heterocycles. The van der Waals surface area contributed by atoms with Crippen LogP contribution in [0, 0.1) is 0 Å². The lowest BCUT2D eigenvalue weighted by Gasteiger charge is -2.33. The zero-order chi connectivity index (χ0) is 24.0. The number of carbonyl (C=O) groups excluding carboxylic acids is 2. The van der Waals surface area contributed by atoms with Crippen LogP contribution in [0.4, 0.5) is 30.7 Å². The molecule has 1 unspecified atom stereocenters.